The monoisotopic (exact) mass is 1310 g/mol. The van der Waals surface area contributed by atoms with E-state index in [0.29, 0.717) is 12.8 Å². The SMILES string of the molecule is CC/C=C\C/C=C\C/C=C\C/C=C\CCCCCCCCCCCCCCCCCCCCCCCCCCC(=O)NC(COC1OC(CO)C(OC2OC(CO)C(OC3OC(CO)C(O)C(O)C3O)C(O)C2O)C(O)C1O)C(O)/C=C/CC/C=C/CCCCCC. The maximum absolute atomic E-state index is 13.4. The molecule has 19 heteroatoms. The molecular formula is C73H129NO18. The van der Waals surface area contributed by atoms with Crippen LogP contribution in [0.25, 0.3) is 0 Å². The highest BCUT2D eigenvalue weighted by Crippen LogP contribution is 2.33. The summed E-state index contributed by atoms with van der Waals surface area (Å²) in [6, 6.07) is -0.989. The lowest BCUT2D eigenvalue weighted by atomic mass is 9.96. The van der Waals surface area contributed by atoms with Crippen LogP contribution in [0.3, 0.4) is 0 Å². The molecule has 0 radical (unpaired) electrons. The molecule has 534 valence electrons. The fraction of sp³-hybridized carbons (Fsp3) is 0.822. The van der Waals surface area contributed by atoms with Crippen LogP contribution in [0.2, 0.25) is 0 Å². The molecule has 3 fully saturated rings. The van der Waals surface area contributed by atoms with Gasteiger partial charge in [-0.05, 0) is 70.6 Å². The zero-order valence-corrected chi connectivity index (χ0v) is 56.5. The molecule has 0 aliphatic carbocycles. The first-order chi connectivity index (χ1) is 44.8. The highest BCUT2D eigenvalue weighted by atomic mass is 16.8. The van der Waals surface area contributed by atoms with Crippen LogP contribution >= 0.6 is 0 Å². The summed E-state index contributed by atoms with van der Waals surface area (Å²) in [5.74, 6) is -0.286. The highest BCUT2D eigenvalue weighted by molar-refractivity contribution is 5.76. The summed E-state index contributed by atoms with van der Waals surface area (Å²) < 4.78 is 34.3. The number of aliphatic hydroxyl groups is 11. The fourth-order valence-corrected chi connectivity index (χ4v) is 11.9. The van der Waals surface area contributed by atoms with Gasteiger partial charge >= 0.3 is 0 Å². The van der Waals surface area contributed by atoms with E-state index in [1.54, 1.807) is 6.08 Å². The summed E-state index contributed by atoms with van der Waals surface area (Å²) in [6.45, 7) is 1.55. The number of carbonyl (C=O) groups is 1. The second kappa shape index (κ2) is 54.3. The Morgan fingerprint density at radius 3 is 1.22 bits per heavy atom. The molecular weight excluding hydrogens is 1180 g/mol. The maximum atomic E-state index is 13.4. The van der Waals surface area contributed by atoms with Crippen molar-refractivity contribution in [3.8, 4) is 0 Å². The normalized spacial score (nSPS) is 28.1. The minimum atomic E-state index is -1.98. The van der Waals surface area contributed by atoms with Crippen LogP contribution in [-0.4, -0.2) is 193 Å². The molecule has 3 aliphatic rings. The van der Waals surface area contributed by atoms with Gasteiger partial charge in [0.2, 0.25) is 5.91 Å². The Morgan fingerprint density at radius 1 is 0.402 bits per heavy atom. The second-order valence-corrected chi connectivity index (χ2v) is 25.7. The molecule has 19 nitrogen and oxygen atoms in total. The van der Waals surface area contributed by atoms with Crippen molar-refractivity contribution in [3.63, 3.8) is 0 Å². The smallest absolute Gasteiger partial charge is 0.220 e. The van der Waals surface area contributed by atoms with Crippen LogP contribution in [0.5, 0.6) is 0 Å². The number of hydrogen-bond acceptors (Lipinski definition) is 18. The summed E-state index contributed by atoms with van der Waals surface area (Å²) in [7, 11) is 0. The summed E-state index contributed by atoms with van der Waals surface area (Å²) in [5.41, 5.74) is 0. The first kappa shape index (κ1) is 83.5. The molecule has 1 amide bonds. The molecule has 12 N–H and O–H groups in total. The molecule has 3 rings (SSSR count). The van der Waals surface area contributed by atoms with Gasteiger partial charge in [0.1, 0.15) is 73.2 Å². The molecule has 0 aromatic heterocycles. The maximum Gasteiger partial charge on any atom is 0.220 e. The average Bonchev–Trinajstić information content (AvgIpc) is 0.799. The Bertz CT molecular complexity index is 1950. The van der Waals surface area contributed by atoms with Crippen molar-refractivity contribution < 1.29 is 89.4 Å². The Kier molecular flexibility index (Phi) is 49.2. The number of nitrogens with one attached hydrogen (secondary N) is 1. The number of rotatable bonds is 55. The lowest BCUT2D eigenvalue weighted by molar-refractivity contribution is -0.379. The van der Waals surface area contributed by atoms with Gasteiger partial charge in [-0.1, -0.05) is 247 Å². The standard InChI is InChI=1S/C73H129NO18/c1-3-5-7-9-11-13-15-16-17-18-19-20-21-22-23-24-25-26-27-28-29-30-31-32-33-34-35-36-37-38-39-40-41-43-45-47-49-51-61(79)74-56(57(78)50-48-46-44-42-14-12-10-8-6-4-2)55-87-71-67(85)64(82)69(59(53-76)89-71)92-73-68(86)65(83)70(60(54-77)90-73)91-72-66(84)63(81)62(80)58(52-75)88-72/h5,7,11,13-14,16-17,19-20,42,48,50,56-60,62-73,75-78,80-86H,3-4,6,8-10,12,15,18,21-41,43-47,49,51-55H2,1-2H3,(H,74,79)/b7-5-,13-11-,17-16-,20-19-,42-14+,50-48+. The third kappa shape index (κ3) is 35.5. The van der Waals surface area contributed by atoms with E-state index in [1.165, 1.54) is 154 Å². The third-order valence-electron chi connectivity index (χ3n) is 17.7. The lowest BCUT2D eigenvalue weighted by Gasteiger charge is -2.48. The van der Waals surface area contributed by atoms with Gasteiger partial charge in [-0.15, -0.1) is 0 Å². The molecule has 3 heterocycles. The first-order valence-electron chi connectivity index (χ1n) is 36.2. The number of carbonyl (C=O) groups excluding carboxylic acids is 1. The van der Waals surface area contributed by atoms with E-state index in [2.05, 4.69) is 79.9 Å². The minimum Gasteiger partial charge on any atom is -0.394 e. The summed E-state index contributed by atoms with van der Waals surface area (Å²) >= 11 is 0. The summed E-state index contributed by atoms with van der Waals surface area (Å²) in [4.78, 5) is 13.4. The number of hydrogen-bond donors (Lipinski definition) is 12. The van der Waals surface area contributed by atoms with Crippen LogP contribution in [0, 0.1) is 0 Å². The fourth-order valence-electron chi connectivity index (χ4n) is 11.9. The predicted octanol–water partition coefficient (Wildman–Crippen LogP) is 10.1. The van der Waals surface area contributed by atoms with Crippen LogP contribution in [-0.2, 0) is 33.2 Å². The van der Waals surface area contributed by atoms with Gasteiger partial charge in [0.25, 0.3) is 0 Å². The Balaban J connectivity index is 1.29. The molecule has 0 aromatic rings. The van der Waals surface area contributed by atoms with E-state index >= 15 is 0 Å². The number of ether oxygens (including phenoxy) is 6. The average molecular weight is 1310 g/mol. The second-order valence-electron chi connectivity index (χ2n) is 25.7. The van der Waals surface area contributed by atoms with Gasteiger partial charge in [0.05, 0.1) is 38.6 Å². The van der Waals surface area contributed by atoms with E-state index in [1.807, 2.05) is 6.08 Å². The number of amides is 1. The van der Waals surface area contributed by atoms with Gasteiger partial charge in [-0.25, -0.2) is 0 Å². The van der Waals surface area contributed by atoms with E-state index in [0.717, 1.165) is 64.2 Å². The van der Waals surface area contributed by atoms with Crippen molar-refractivity contribution >= 4 is 5.91 Å². The molecule has 92 heavy (non-hydrogen) atoms. The molecule has 3 saturated heterocycles. The molecule has 0 saturated carbocycles. The largest absolute Gasteiger partial charge is 0.394 e. The molecule has 17 unspecified atom stereocenters. The van der Waals surface area contributed by atoms with Crippen molar-refractivity contribution in [1.29, 1.82) is 0 Å². The molecule has 0 bridgehead atoms. The van der Waals surface area contributed by atoms with Crippen molar-refractivity contribution in [3.05, 3.63) is 72.9 Å². The quantitative estimate of drug-likeness (QED) is 0.0199. The summed E-state index contributed by atoms with van der Waals surface area (Å²) in [5, 5.41) is 120. The lowest BCUT2D eigenvalue weighted by Crippen LogP contribution is -2.66. The number of allylic oxidation sites excluding steroid dienone is 11. The molecule has 17 atom stereocenters. The van der Waals surface area contributed by atoms with E-state index < -0.39 is 124 Å². The summed E-state index contributed by atoms with van der Waals surface area (Å²) in [6.07, 6.45) is 42.3. The number of aliphatic hydroxyl groups excluding tert-OH is 11. The van der Waals surface area contributed by atoms with E-state index in [9.17, 15) is 61.0 Å². The van der Waals surface area contributed by atoms with Gasteiger partial charge in [0.15, 0.2) is 18.9 Å². The van der Waals surface area contributed by atoms with E-state index in [4.69, 9.17) is 28.4 Å². The Morgan fingerprint density at radius 2 is 0.761 bits per heavy atom. The molecule has 0 aromatic carbocycles. The van der Waals surface area contributed by atoms with Gasteiger partial charge in [0, 0.05) is 6.42 Å². The van der Waals surface area contributed by atoms with Gasteiger partial charge in [-0.2, -0.15) is 0 Å². The topological polar surface area (TPSA) is 307 Å². The van der Waals surface area contributed by atoms with Gasteiger partial charge < -0.3 is 89.9 Å². The first-order valence-corrected chi connectivity index (χ1v) is 36.2. The van der Waals surface area contributed by atoms with Crippen molar-refractivity contribution in [2.75, 3.05) is 26.4 Å². The van der Waals surface area contributed by atoms with Crippen molar-refractivity contribution in [1.82, 2.24) is 5.32 Å². The predicted molar refractivity (Wildman–Crippen MR) is 360 cm³/mol. The van der Waals surface area contributed by atoms with Crippen molar-refractivity contribution in [2.24, 2.45) is 0 Å². The van der Waals surface area contributed by atoms with Crippen LogP contribution in [0.4, 0.5) is 0 Å². The Hall–Kier alpha value is -2.77. The Labute approximate surface area is 553 Å². The van der Waals surface area contributed by atoms with E-state index in [-0.39, 0.29) is 18.9 Å². The zero-order chi connectivity index (χ0) is 66.8. The minimum absolute atomic E-state index is 0.236. The number of unbranched alkanes of at least 4 members (excludes halogenated alkanes) is 29. The molecule has 3 aliphatic heterocycles. The van der Waals surface area contributed by atoms with Crippen LogP contribution < -0.4 is 5.32 Å². The zero-order valence-electron chi connectivity index (χ0n) is 56.5. The van der Waals surface area contributed by atoms with Crippen molar-refractivity contribution in [2.45, 2.75) is 356 Å². The third-order valence-corrected chi connectivity index (χ3v) is 17.7. The van der Waals surface area contributed by atoms with Crippen LogP contribution in [0.1, 0.15) is 251 Å². The van der Waals surface area contributed by atoms with Crippen LogP contribution in [0.15, 0.2) is 72.9 Å². The highest BCUT2D eigenvalue weighted by Gasteiger charge is 2.53. The van der Waals surface area contributed by atoms with Gasteiger partial charge in [-0.3, -0.25) is 4.79 Å². The molecule has 0 spiro atoms.